The maximum absolute atomic E-state index is 13.7. The number of nitrogens with zero attached hydrogens (tertiary/aromatic N) is 2. The van der Waals surface area contributed by atoms with Crippen LogP contribution in [-0.4, -0.2) is 9.61 Å². The molecule has 19 heavy (non-hydrogen) atoms. The molecule has 0 bridgehead atoms. The van der Waals surface area contributed by atoms with E-state index in [4.69, 9.17) is 16.2 Å². The maximum atomic E-state index is 13.7. The molecular weight excluding hydrogens is 247 g/mol. The van der Waals surface area contributed by atoms with E-state index in [9.17, 15) is 4.39 Å². The molecule has 1 aromatic carbocycles. The molecule has 2 aromatic heterocycles. The highest BCUT2D eigenvalue weighted by molar-refractivity contribution is 5.64. The normalized spacial score (nSPS) is 10.8. The van der Waals surface area contributed by atoms with Crippen molar-refractivity contribution >= 4 is 16.9 Å². The number of hydrogen-bond acceptors (Lipinski definition) is 4. The van der Waals surface area contributed by atoms with Crippen molar-refractivity contribution in [1.82, 2.24) is 9.61 Å². The van der Waals surface area contributed by atoms with Gasteiger partial charge in [0.05, 0.1) is 18.1 Å². The summed E-state index contributed by atoms with van der Waals surface area (Å²) in [6.45, 7) is 0. The summed E-state index contributed by atoms with van der Waals surface area (Å²) in [5.74, 6) is -0.0100. The molecule has 6 heteroatoms. The molecule has 5 nitrogen and oxygen atoms in total. The van der Waals surface area contributed by atoms with Gasteiger partial charge < -0.3 is 16.2 Å². The molecule has 2 heterocycles. The monoisotopic (exact) mass is 258 g/mol. The Morgan fingerprint density at radius 2 is 1.89 bits per heavy atom. The Kier molecular flexibility index (Phi) is 2.49. The zero-order valence-electron chi connectivity index (χ0n) is 9.88. The molecule has 3 rings (SSSR count). The van der Waals surface area contributed by atoms with Gasteiger partial charge in [0, 0.05) is 17.8 Å². The number of rotatable bonds is 2. The number of hydrogen-bond donors (Lipinski definition) is 2. The Morgan fingerprint density at radius 1 is 1.05 bits per heavy atom. The Labute approximate surface area is 108 Å². The van der Waals surface area contributed by atoms with E-state index >= 15 is 0 Å². The van der Waals surface area contributed by atoms with Crippen LogP contribution in [0.4, 0.5) is 15.8 Å². The highest BCUT2D eigenvalue weighted by Crippen LogP contribution is 2.30. The standard InChI is InChI=1S/C13H11FN4O/c14-10-5-8(15)1-2-12(10)19-13-6-9(16)7-18-11(13)3-4-17-18/h1-7H,15-16H2. The molecule has 0 unspecified atom stereocenters. The number of aromatic nitrogens is 2. The molecule has 0 radical (unpaired) electrons. The van der Waals surface area contributed by atoms with Gasteiger partial charge in [0.25, 0.3) is 0 Å². The van der Waals surface area contributed by atoms with Crippen molar-refractivity contribution < 1.29 is 9.13 Å². The van der Waals surface area contributed by atoms with E-state index in [2.05, 4.69) is 5.10 Å². The van der Waals surface area contributed by atoms with E-state index in [0.717, 1.165) is 0 Å². The fraction of sp³-hybridized carbons (Fsp3) is 0. The number of anilines is 2. The maximum Gasteiger partial charge on any atom is 0.167 e. The summed E-state index contributed by atoms with van der Waals surface area (Å²) in [6.07, 6.45) is 3.27. The molecule has 0 atom stereocenters. The number of nitrogens with two attached hydrogens (primary N) is 2. The van der Waals surface area contributed by atoms with Gasteiger partial charge in [-0.2, -0.15) is 5.10 Å². The van der Waals surface area contributed by atoms with Crippen LogP contribution in [0.3, 0.4) is 0 Å². The Hall–Kier alpha value is -2.76. The van der Waals surface area contributed by atoms with Gasteiger partial charge in [0.2, 0.25) is 0 Å². The lowest BCUT2D eigenvalue weighted by atomic mass is 10.3. The quantitative estimate of drug-likeness (QED) is 0.692. The summed E-state index contributed by atoms with van der Waals surface area (Å²) in [6, 6.07) is 7.62. The molecular formula is C13H11FN4O. The summed E-state index contributed by atoms with van der Waals surface area (Å²) in [5.41, 5.74) is 12.7. The van der Waals surface area contributed by atoms with Gasteiger partial charge in [-0.15, -0.1) is 0 Å². The zero-order chi connectivity index (χ0) is 13.4. The van der Waals surface area contributed by atoms with Gasteiger partial charge >= 0.3 is 0 Å². The minimum atomic E-state index is -0.528. The van der Waals surface area contributed by atoms with Crippen LogP contribution in [0, 0.1) is 5.82 Å². The summed E-state index contributed by atoms with van der Waals surface area (Å²) in [4.78, 5) is 0. The smallest absolute Gasteiger partial charge is 0.167 e. The average molecular weight is 258 g/mol. The van der Waals surface area contributed by atoms with Crippen molar-refractivity contribution in [2.45, 2.75) is 0 Å². The number of nitrogen functional groups attached to an aromatic ring is 2. The van der Waals surface area contributed by atoms with Crippen LogP contribution in [0.25, 0.3) is 5.52 Å². The molecule has 0 amide bonds. The number of benzene rings is 1. The summed E-state index contributed by atoms with van der Waals surface area (Å²) >= 11 is 0. The lowest BCUT2D eigenvalue weighted by Crippen LogP contribution is -1.97. The fourth-order valence-corrected chi connectivity index (χ4v) is 1.82. The fourth-order valence-electron chi connectivity index (χ4n) is 1.82. The van der Waals surface area contributed by atoms with E-state index in [0.29, 0.717) is 22.6 Å². The third-order valence-electron chi connectivity index (χ3n) is 2.67. The molecule has 4 N–H and O–H groups in total. The van der Waals surface area contributed by atoms with Gasteiger partial charge in [-0.1, -0.05) is 0 Å². The third-order valence-corrected chi connectivity index (χ3v) is 2.67. The van der Waals surface area contributed by atoms with E-state index in [-0.39, 0.29) is 5.75 Å². The van der Waals surface area contributed by atoms with Crippen molar-refractivity contribution in [1.29, 1.82) is 0 Å². The zero-order valence-corrected chi connectivity index (χ0v) is 9.88. The van der Waals surface area contributed by atoms with Crippen LogP contribution >= 0.6 is 0 Å². The molecule has 0 aliphatic rings. The Bertz CT molecular complexity index is 753. The first-order chi connectivity index (χ1) is 9.13. The second-order valence-electron chi connectivity index (χ2n) is 4.09. The minimum absolute atomic E-state index is 0.0860. The highest BCUT2D eigenvalue weighted by atomic mass is 19.1. The van der Waals surface area contributed by atoms with Crippen LogP contribution in [0.1, 0.15) is 0 Å². The second kappa shape index (κ2) is 4.16. The van der Waals surface area contributed by atoms with Crippen molar-refractivity contribution in [3.8, 4) is 11.5 Å². The minimum Gasteiger partial charge on any atom is -0.452 e. The predicted molar refractivity (Wildman–Crippen MR) is 70.5 cm³/mol. The van der Waals surface area contributed by atoms with E-state index in [1.165, 1.54) is 12.1 Å². The Balaban J connectivity index is 2.07. The molecule has 0 spiro atoms. The Morgan fingerprint density at radius 3 is 2.68 bits per heavy atom. The summed E-state index contributed by atoms with van der Waals surface area (Å²) in [5, 5.41) is 4.06. The second-order valence-corrected chi connectivity index (χ2v) is 4.09. The molecule has 0 saturated carbocycles. The highest BCUT2D eigenvalue weighted by Gasteiger charge is 2.09. The van der Waals surface area contributed by atoms with Crippen LogP contribution in [0.5, 0.6) is 11.5 Å². The topological polar surface area (TPSA) is 78.6 Å². The average Bonchev–Trinajstić information content (AvgIpc) is 2.80. The lowest BCUT2D eigenvalue weighted by molar-refractivity contribution is 0.445. The molecule has 96 valence electrons. The number of halogens is 1. The van der Waals surface area contributed by atoms with Crippen molar-refractivity contribution in [2.24, 2.45) is 0 Å². The van der Waals surface area contributed by atoms with Crippen LogP contribution < -0.4 is 16.2 Å². The molecule has 0 saturated heterocycles. The van der Waals surface area contributed by atoms with Gasteiger partial charge in [-0.05, 0) is 18.2 Å². The van der Waals surface area contributed by atoms with Crippen LogP contribution in [-0.2, 0) is 0 Å². The first kappa shape index (κ1) is 11.3. The van der Waals surface area contributed by atoms with E-state index < -0.39 is 5.82 Å². The van der Waals surface area contributed by atoms with Gasteiger partial charge in [-0.3, -0.25) is 0 Å². The van der Waals surface area contributed by atoms with Gasteiger partial charge in [0.1, 0.15) is 5.52 Å². The number of ether oxygens (including phenoxy) is 1. The van der Waals surface area contributed by atoms with Crippen LogP contribution in [0.2, 0.25) is 0 Å². The molecule has 0 aliphatic heterocycles. The number of pyridine rings is 1. The summed E-state index contributed by atoms with van der Waals surface area (Å²) in [7, 11) is 0. The van der Waals surface area contributed by atoms with E-state index in [1.54, 1.807) is 35.1 Å². The first-order valence-corrected chi connectivity index (χ1v) is 5.59. The van der Waals surface area contributed by atoms with Crippen molar-refractivity contribution in [3.05, 3.63) is 48.5 Å². The van der Waals surface area contributed by atoms with Crippen LogP contribution in [0.15, 0.2) is 42.7 Å². The summed E-state index contributed by atoms with van der Waals surface area (Å²) < 4.78 is 20.8. The van der Waals surface area contributed by atoms with Gasteiger partial charge in [0.15, 0.2) is 17.3 Å². The number of fused-ring (bicyclic) bond motifs is 1. The predicted octanol–water partition coefficient (Wildman–Crippen LogP) is 2.43. The largest absolute Gasteiger partial charge is 0.452 e. The molecule has 3 aromatic rings. The van der Waals surface area contributed by atoms with E-state index in [1.807, 2.05) is 0 Å². The molecule has 0 aliphatic carbocycles. The molecule has 0 fully saturated rings. The lowest BCUT2D eigenvalue weighted by Gasteiger charge is -2.09. The van der Waals surface area contributed by atoms with Crippen molar-refractivity contribution in [2.75, 3.05) is 11.5 Å². The third kappa shape index (κ3) is 2.03. The SMILES string of the molecule is Nc1ccc(Oc2cc(N)cn3nccc23)c(F)c1. The van der Waals surface area contributed by atoms with Gasteiger partial charge in [-0.25, -0.2) is 8.91 Å². The first-order valence-electron chi connectivity index (χ1n) is 5.59. The van der Waals surface area contributed by atoms with Crippen molar-refractivity contribution in [3.63, 3.8) is 0 Å².